The lowest BCUT2D eigenvalue weighted by molar-refractivity contribution is 0.202. The van der Waals surface area contributed by atoms with Gasteiger partial charge in [0.15, 0.2) is 5.17 Å². The van der Waals surface area contributed by atoms with Crippen LogP contribution in [-0.4, -0.2) is 28.2 Å². The highest BCUT2D eigenvalue weighted by Gasteiger charge is 2.23. The van der Waals surface area contributed by atoms with Crippen LogP contribution in [0.4, 0.5) is 0 Å². The zero-order chi connectivity index (χ0) is 13.7. The molecule has 0 radical (unpaired) electrons. The zero-order valence-corrected chi connectivity index (χ0v) is 11.7. The van der Waals surface area contributed by atoms with Gasteiger partial charge in [0.25, 0.3) is 0 Å². The van der Waals surface area contributed by atoms with Crippen LogP contribution in [-0.2, 0) is 6.54 Å². The van der Waals surface area contributed by atoms with Gasteiger partial charge < -0.3 is 5.73 Å². The predicted molar refractivity (Wildman–Crippen MR) is 81.7 cm³/mol. The summed E-state index contributed by atoms with van der Waals surface area (Å²) in [6.45, 7) is 3.02. The Morgan fingerprint density at radius 1 is 1.21 bits per heavy atom. The smallest absolute Gasteiger partial charge is 0.157 e. The molecule has 4 nitrogen and oxygen atoms in total. The Labute approximate surface area is 118 Å². The molecule has 0 aromatic heterocycles. The molecule has 0 spiro atoms. The molecule has 1 aliphatic rings. The number of hydrogen-bond acceptors (Lipinski definition) is 4. The van der Waals surface area contributed by atoms with Gasteiger partial charge in [0.2, 0.25) is 0 Å². The number of likely N-dealkylation sites (tertiary alicyclic amines) is 1. The van der Waals surface area contributed by atoms with Crippen molar-refractivity contribution in [3.63, 3.8) is 0 Å². The summed E-state index contributed by atoms with van der Waals surface area (Å²) in [5, 5.41) is 15.7. The molecule has 102 valence electrons. The van der Waals surface area contributed by atoms with E-state index >= 15 is 0 Å². The fourth-order valence-electron chi connectivity index (χ4n) is 2.40. The number of nitrogens with two attached hydrogens (primary N) is 1. The predicted octanol–water partition coefficient (Wildman–Crippen LogP) is 2.50. The molecule has 0 amide bonds. The highest BCUT2D eigenvalue weighted by atomic mass is 32.2. The summed E-state index contributed by atoms with van der Waals surface area (Å²) in [7, 11) is 0. The second kappa shape index (κ2) is 6.73. The number of thioether (sulfide) groups is 1. The summed E-state index contributed by atoms with van der Waals surface area (Å²) in [5.74, 6) is 0.279. The van der Waals surface area contributed by atoms with Crippen molar-refractivity contribution < 1.29 is 0 Å². The van der Waals surface area contributed by atoms with E-state index in [1.54, 1.807) is 0 Å². The molecular formula is C14H20N4S. The van der Waals surface area contributed by atoms with Gasteiger partial charge in [-0.15, -0.1) is 0 Å². The van der Waals surface area contributed by atoms with Crippen molar-refractivity contribution in [3.05, 3.63) is 35.9 Å². The molecule has 2 rings (SSSR count). The number of piperidine rings is 1. The number of amidine groups is 1. The summed E-state index contributed by atoms with van der Waals surface area (Å²) in [6, 6.07) is 10.5. The molecule has 5 heteroatoms. The summed E-state index contributed by atoms with van der Waals surface area (Å²) < 4.78 is 0. The molecule has 0 saturated carbocycles. The maximum Gasteiger partial charge on any atom is 0.157 e. The Morgan fingerprint density at radius 3 is 2.42 bits per heavy atom. The van der Waals surface area contributed by atoms with Crippen LogP contribution in [0.15, 0.2) is 30.3 Å². The third-order valence-electron chi connectivity index (χ3n) is 3.43. The van der Waals surface area contributed by atoms with E-state index in [0.29, 0.717) is 5.04 Å². The topological polar surface area (TPSA) is 77.0 Å². The largest absolute Gasteiger partial charge is 0.378 e. The van der Waals surface area contributed by atoms with Gasteiger partial charge >= 0.3 is 0 Å². The molecule has 1 saturated heterocycles. The third-order valence-corrected chi connectivity index (χ3v) is 4.20. The first kappa shape index (κ1) is 14.1. The lowest BCUT2D eigenvalue weighted by atomic mass is 9.97. The van der Waals surface area contributed by atoms with Crippen molar-refractivity contribution >= 4 is 22.0 Å². The minimum absolute atomic E-state index is 0.0247. The van der Waals surface area contributed by atoms with E-state index in [-0.39, 0.29) is 11.1 Å². The van der Waals surface area contributed by atoms with E-state index in [4.69, 9.17) is 16.6 Å². The molecular weight excluding hydrogens is 256 g/mol. The molecule has 4 N–H and O–H groups in total. The maximum absolute atomic E-state index is 7.92. The van der Waals surface area contributed by atoms with Crippen LogP contribution < -0.4 is 5.73 Å². The van der Waals surface area contributed by atoms with Crippen LogP contribution >= 0.6 is 11.8 Å². The standard InChI is InChI=1S/C14H20N4S/c15-13(19-14(16)17)12-6-8-18(9-7-12)10-11-4-2-1-3-5-11/h1-5,12,15H,6-10H2,(H3,16,17). The molecule has 1 aromatic rings. The first-order valence-electron chi connectivity index (χ1n) is 6.52. The van der Waals surface area contributed by atoms with Crippen molar-refractivity contribution in [3.8, 4) is 0 Å². The molecule has 0 aliphatic carbocycles. The van der Waals surface area contributed by atoms with Gasteiger partial charge in [0, 0.05) is 12.5 Å². The number of benzene rings is 1. The van der Waals surface area contributed by atoms with E-state index in [1.165, 1.54) is 5.56 Å². The van der Waals surface area contributed by atoms with Gasteiger partial charge in [-0.25, -0.2) is 0 Å². The van der Waals surface area contributed by atoms with Crippen LogP contribution in [0.5, 0.6) is 0 Å². The second-order valence-corrected chi connectivity index (χ2v) is 5.95. The van der Waals surface area contributed by atoms with Crippen LogP contribution in [0.3, 0.4) is 0 Å². The Bertz CT molecular complexity index is 438. The van der Waals surface area contributed by atoms with Crippen molar-refractivity contribution in [2.75, 3.05) is 13.1 Å². The van der Waals surface area contributed by atoms with E-state index in [2.05, 4.69) is 29.2 Å². The average molecular weight is 276 g/mol. The highest BCUT2D eigenvalue weighted by Crippen LogP contribution is 2.24. The van der Waals surface area contributed by atoms with Crippen molar-refractivity contribution in [1.29, 1.82) is 10.8 Å². The van der Waals surface area contributed by atoms with Crippen molar-refractivity contribution in [2.45, 2.75) is 19.4 Å². The Kier molecular flexibility index (Phi) is 4.99. The van der Waals surface area contributed by atoms with Gasteiger partial charge in [-0.3, -0.25) is 15.7 Å². The summed E-state index contributed by atoms with van der Waals surface area (Å²) in [5.41, 5.74) is 6.67. The van der Waals surface area contributed by atoms with Crippen molar-refractivity contribution in [1.82, 2.24) is 4.90 Å². The lowest BCUT2D eigenvalue weighted by Gasteiger charge is -2.31. The van der Waals surface area contributed by atoms with Gasteiger partial charge in [-0.05, 0) is 43.3 Å². The molecule has 0 unspecified atom stereocenters. The highest BCUT2D eigenvalue weighted by molar-refractivity contribution is 8.26. The first-order chi connectivity index (χ1) is 9.15. The maximum atomic E-state index is 7.92. The van der Waals surface area contributed by atoms with Crippen LogP contribution in [0, 0.1) is 16.7 Å². The van der Waals surface area contributed by atoms with E-state index in [1.807, 2.05) is 6.07 Å². The van der Waals surface area contributed by atoms with Gasteiger partial charge in [0.1, 0.15) is 0 Å². The Morgan fingerprint density at radius 2 is 1.84 bits per heavy atom. The molecule has 0 bridgehead atoms. The SMILES string of the molecule is N=C(N)SC(=N)C1CCN(Cc2ccccc2)CC1. The first-order valence-corrected chi connectivity index (χ1v) is 7.33. The molecule has 0 atom stereocenters. The number of nitrogens with one attached hydrogen (secondary N) is 2. The monoisotopic (exact) mass is 276 g/mol. The van der Waals surface area contributed by atoms with Gasteiger partial charge in [0.05, 0.1) is 5.04 Å². The zero-order valence-electron chi connectivity index (χ0n) is 10.9. The second-order valence-electron chi connectivity index (χ2n) is 4.87. The van der Waals surface area contributed by atoms with E-state index < -0.39 is 0 Å². The molecule has 1 heterocycles. The average Bonchev–Trinajstić information content (AvgIpc) is 2.40. The fraction of sp³-hybridized carbons (Fsp3) is 0.429. The number of nitrogens with zero attached hydrogens (tertiary/aromatic N) is 1. The van der Waals surface area contributed by atoms with Crippen molar-refractivity contribution in [2.24, 2.45) is 11.7 Å². The minimum atomic E-state index is 0.0247. The normalized spacial score (nSPS) is 17.3. The Balaban J connectivity index is 1.79. The summed E-state index contributed by atoms with van der Waals surface area (Å²) in [4.78, 5) is 2.43. The fourth-order valence-corrected chi connectivity index (χ4v) is 3.04. The van der Waals surface area contributed by atoms with Crippen LogP contribution in [0.25, 0.3) is 0 Å². The lowest BCUT2D eigenvalue weighted by Crippen LogP contribution is -2.35. The number of hydrogen-bond donors (Lipinski definition) is 3. The summed E-state index contributed by atoms with van der Waals surface area (Å²) >= 11 is 1.09. The van der Waals surface area contributed by atoms with E-state index in [0.717, 1.165) is 44.2 Å². The van der Waals surface area contributed by atoms with E-state index in [9.17, 15) is 0 Å². The van der Waals surface area contributed by atoms with Gasteiger partial charge in [-0.2, -0.15) is 0 Å². The van der Waals surface area contributed by atoms with Crippen LogP contribution in [0.2, 0.25) is 0 Å². The molecule has 19 heavy (non-hydrogen) atoms. The Hall–Kier alpha value is -1.33. The molecule has 1 aromatic carbocycles. The van der Waals surface area contributed by atoms with Gasteiger partial charge in [-0.1, -0.05) is 30.3 Å². The third kappa shape index (κ3) is 4.36. The quantitative estimate of drug-likeness (QED) is 0.586. The number of rotatable bonds is 3. The minimum Gasteiger partial charge on any atom is -0.378 e. The summed E-state index contributed by atoms with van der Waals surface area (Å²) in [6.07, 6.45) is 1.98. The van der Waals surface area contributed by atoms with Crippen LogP contribution in [0.1, 0.15) is 18.4 Å². The molecule has 1 fully saturated rings. The molecule has 1 aliphatic heterocycles.